The zero-order valence-electron chi connectivity index (χ0n) is 12.1. The second kappa shape index (κ2) is 6.08. The summed E-state index contributed by atoms with van der Waals surface area (Å²) in [6, 6.07) is 1.51. The van der Waals surface area contributed by atoms with Gasteiger partial charge in [-0.05, 0) is 17.4 Å². The summed E-state index contributed by atoms with van der Waals surface area (Å²) in [5.74, 6) is 0. The number of rotatable bonds is 7. The molecule has 0 aliphatic carbocycles. The van der Waals surface area contributed by atoms with Gasteiger partial charge < -0.3 is 0 Å². The average Bonchev–Trinajstić information content (AvgIpc) is 2.16. The molecule has 2 unspecified atom stereocenters. The van der Waals surface area contributed by atoms with Crippen LogP contribution in [0.15, 0.2) is 0 Å². The van der Waals surface area contributed by atoms with E-state index in [-0.39, 0.29) is 0 Å². The van der Waals surface area contributed by atoms with E-state index in [1.165, 1.54) is 31.7 Å². The van der Waals surface area contributed by atoms with E-state index < -0.39 is 8.07 Å². The van der Waals surface area contributed by atoms with E-state index in [1.807, 2.05) is 0 Å². The summed E-state index contributed by atoms with van der Waals surface area (Å²) < 4.78 is 0. The highest BCUT2D eigenvalue weighted by atomic mass is 28.3. The van der Waals surface area contributed by atoms with Gasteiger partial charge >= 0.3 is 0 Å². The van der Waals surface area contributed by atoms with Gasteiger partial charge in [0.1, 0.15) is 0 Å². The van der Waals surface area contributed by atoms with Gasteiger partial charge in [0.2, 0.25) is 0 Å². The molecule has 0 spiro atoms. The van der Waals surface area contributed by atoms with Crippen molar-refractivity contribution in [2.45, 2.75) is 85.0 Å². The lowest BCUT2D eigenvalue weighted by molar-refractivity contribution is 0.312. The van der Waals surface area contributed by atoms with Crippen molar-refractivity contribution in [1.82, 2.24) is 0 Å². The van der Waals surface area contributed by atoms with Crippen LogP contribution in [0.3, 0.4) is 0 Å². The molecule has 0 N–H and O–H groups in total. The minimum Gasteiger partial charge on any atom is -0.0691 e. The Morgan fingerprint density at radius 1 is 1.13 bits per heavy atom. The quantitative estimate of drug-likeness (QED) is 0.490. The van der Waals surface area contributed by atoms with Crippen LogP contribution in [0.4, 0.5) is 0 Å². The summed E-state index contributed by atoms with van der Waals surface area (Å²) in [5, 5.41) is 0. The van der Waals surface area contributed by atoms with Gasteiger partial charge in [-0.2, -0.15) is 0 Å². The minimum absolute atomic E-state index is 0.619. The van der Waals surface area contributed by atoms with Gasteiger partial charge in [-0.1, -0.05) is 73.0 Å². The van der Waals surface area contributed by atoms with Crippen molar-refractivity contribution in [1.29, 1.82) is 0 Å². The zero-order valence-corrected chi connectivity index (χ0v) is 13.1. The van der Waals surface area contributed by atoms with Crippen molar-refractivity contribution in [3.8, 4) is 0 Å². The topological polar surface area (TPSA) is 0 Å². The maximum atomic E-state index is 2.59. The third kappa shape index (κ3) is 4.71. The molecular weight excluding hydrogens is 196 g/mol. The summed E-state index contributed by atoms with van der Waals surface area (Å²) in [7, 11) is -1.00. The van der Waals surface area contributed by atoms with Gasteiger partial charge in [0, 0.05) is 0 Å². The van der Waals surface area contributed by atoms with E-state index in [0.29, 0.717) is 5.41 Å². The molecule has 0 amide bonds. The van der Waals surface area contributed by atoms with E-state index in [0.717, 1.165) is 5.54 Å². The predicted molar refractivity (Wildman–Crippen MR) is 75.3 cm³/mol. The summed E-state index contributed by atoms with van der Waals surface area (Å²) in [5.41, 5.74) is 1.59. The van der Waals surface area contributed by atoms with Gasteiger partial charge in [-0.3, -0.25) is 0 Å². The Balaban J connectivity index is 4.51. The highest BCUT2D eigenvalue weighted by Gasteiger charge is 2.34. The molecule has 0 bridgehead atoms. The van der Waals surface area contributed by atoms with Crippen molar-refractivity contribution in [2.24, 2.45) is 5.41 Å². The molecule has 0 aromatic rings. The van der Waals surface area contributed by atoms with Crippen LogP contribution in [0.5, 0.6) is 0 Å². The van der Waals surface area contributed by atoms with E-state index in [1.54, 1.807) is 0 Å². The molecule has 0 fully saturated rings. The van der Waals surface area contributed by atoms with E-state index in [2.05, 4.69) is 47.7 Å². The van der Waals surface area contributed by atoms with E-state index in [9.17, 15) is 0 Å². The highest BCUT2D eigenvalue weighted by Crippen LogP contribution is 2.41. The van der Waals surface area contributed by atoms with Crippen LogP contribution in [0.2, 0.25) is 24.7 Å². The first-order chi connectivity index (χ1) is 6.81. The Kier molecular flexibility index (Phi) is 6.16. The van der Waals surface area contributed by atoms with Crippen LogP contribution in [0.25, 0.3) is 0 Å². The molecule has 0 aliphatic heterocycles. The molecule has 0 saturated heterocycles. The molecule has 92 valence electrons. The van der Waals surface area contributed by atoms with Crippen molar-refractivity contribution in [2.75, 3.05) is 0 Å². The third-order valence-electron chi connectivity index (χ3n) is 4.54. The van der Waals surface area contributed by atoms with Gasteiger partial charge in [0.05, 0.1) is 8.07 Å². The van der Waals surface area contributed by atoms with Crippen LogP contribution in [-0.4, -0.2) is 8.07 Å². The van der Waals surface area contributed by atoms with Crippen molar-refractivity contribution < 1.29 is 0 Å². The molecular formula is C14H32Si. The van der Waals surface area contributed by atoms with Crippen LogP contribution in [0, 0.1) is 5.41 Å². The van der Waals surface area contributed by atoms with Gasteiger partial charge in [-0.15, -0.1) is 0 Å². The Bertz CT molecular complexity index is 171. The van der Waals surface area contributed by atoms with Crippen LogP contribution < -0.4 is 0 Å². The van der Waals surface area contributed by atoms with Crippen molar-refractivity contribution in [3.05, 3.63) is 0 Å². The largest absolute Gasteiger partial charge is 0.0691 e. The minimum atomic E-state index is -1.00. The maximum absolute atomic E-state index is 2.59. The Labute approximate surface area is 98.9 Å². The second-order valence-corrected chi connectivity index (χ2v) is 11.7. The second-order valence-electron chi connectivity index (χ2n) is 6.39. The van der Waals surface area contributed by atoms with Crippen LogP contribution in [-0.2, 0) is 0 Å². The van der Waals surface area contributed by atoms with Crippen LogP contribution in [0.1, 0.15) is 60.3 Å². The molecule has 0 saturated carbocycles. The molecule has 2 atom stereocenters. The zero-order chi connectivity index (χ0) is 12.1. The number of hydrogen-bond acceptors (Lipinski definition) is 0. The molecule has 0 radical (unpaired) electrons. The molecule has 0 nitrogen and oxygen atoms in total. The van der Waals surface area contributed by atoms with Crippen molar-refractivity contribution >= 4 is 8.07 Å². The molecule has 0 heterocycles. The lowest BCUT2D eigenvalue weighted by atomic mass is 9.85. The first-order valence-electron chi connectivity index (χ1n) is 6.81. The molecule has 0 rings (SSSR count). The predicted octanol–water partition coefficient (Wildman–Crippen LogP) is 5.71. The molecule has 0 aromatic heterocycles. The fourth-order valence-corrected chi connectivity index (χ4v) is 6.90. The number of hydrogen-bond donors (Lipinski definition) is 0. The first kappa shape index (κ1) is 15.2. The third-order valence-corrected chi connectivity index (χ3v) is 9.38. The monoisotopic (exact) mass is 228 g/mol. The standard InChI is InChI=1S/C14H32Si/c1-8-11-14(5,10-3)12-15(6,7)13(4)9-2/h13H,8-12H2,1-7H3. The summed E-state index contributed by atoms with van der Waals surface area (Å²) >= 11 is 0. The van der Waals surface area contributed by atoms with Gasteiger partial charge in [-0.25, -0.2) is 0 Å². The fourth-order valence-electron chi connectivity index (χ4n) is 2.82. The lowest BCUT2D eigenvalue weighted by Gasteiger charge is -2.39. The SMILES string of the molecule is CCCC(C)(CC)C[Si](C)(C)C(C)CC. The average molecular weight is 228 g/mol. The molecule has 0 aromatic carbocycles. The van der Waals surface area contributed by atoms with Crippen molar-refractivity contribution in [3.63, 3.8) is 0 Å². The van der Waals surface area contributed by atoms with Gasteiger partial charge in [0.15, 0.2) is 0 Å². The van der Waals surface area contributed by atoms with Crippen LogP contribution >= 0.6 is 0 Å². The normalized spacial score (nSPS) is 18.6. The Morgan fingerprint density at radius 3 is 2.00 bits per heavy atom. The maximum Gasteiger partial charge on any atom is 0.0507 e. The molecule has 15 heavy (non-hydrogen) atoms. The summed E-state index contributed by atoms with van der Waals surface area (Å²) in [6.07, 6.45) is 5.48. The molecule has 1 heteroatoms. The lowest BCUT2D eigenvalue weighted by Crippen LogP contribution is -2.37. The molecule has 0 aliphatic rings. The summed E-state index contributed by atoms with van der Waals surface area (Å²) in [6.45, 7) is 17.2. The van der Waals surface area contributed by atoms with E-state index in [4.69, 9.17) is 0 Å². The Hall–Kier alpha value is 0.217. The fraction of sp³-hybridized carbons (Fsp3) is 1.00. The Morgan fingerprint density at radius 2 is 1.67 bits per heavy atom. The summed E-state index contributed by atoms with van der Waals surface area (Å²) in [4.78, 5) is 0. The first-order valence-corrected chi connectivity index (χ1v) is 10.1. The van der Waals surface area contributed by atoms with E-state index >= 15 is 0 Å². The highest BCUT2D eigenvalue weighted by molar-refractivity contribution is 6.78. The van der Waals surface area contributed by atoms with Gasteiger partial charge in [0.25, 0.3) is 0 Å². The smallest absolute Gasteiger partial charge is 0.0507 e.